The van der Waals surface area contributed by atoms with Crippen molar-refractivity contribution >= 4 is 17.7 Å². The highest BCUT2D eigenvalue weighted by Gasteiger charge is 2.55. The monoisotopic (exact) mass is 274 g/mol. The molecule has 0 amide bonds. The highest BCUT2D eigenvalue weighted by molar-refractivity contribution is 7.99. The molecule has 2 saturated carbocycles. The summed E-state index contributed by atoms with van der Waals surface area (Å²) in [5.74, 6) is 5.67. The predicted octanol–water partition coefficient (Wildman–Crippen LogP) is 3.23. The quantitative estimate of drug-likeness (QED) is 0.775. The lowest BCUT2D eigenvalue weighted by Gasteiger charge is -2.30. The van der Waals surface area contributed by atoms with Crippen molar-refractivity contribution in [3.8, 4) is 0 Å². The molecule has 5 atom stereocenters. The Labute approximate surface area is 117 Å². The second kappa shape index (κ2) is 4.55. The maximum atomic E-state index is 12.1. The van der Waals surface area contributed by atoms with Gasteiger partial charge in [0.2, 0.25) is 0 Å². The molecule has 2 bridgehead atoms. The first-order valence-corrected chi connectivity index (χ1v) is 8.32. The van der Waals surface area contributed by atoms with Crippen LogP contribution >= 0.6 is 11.8 Å². The van der Waals surface area contributed by atoms with Crippen LogP contribution in [0.15, 0.2) is 30.3 Å². The van der Waals surface area contributed by atoms with Crippen LogP contribution in [0.25, 0.3) is 0 Å². The minimum absolute atomic E-state index is 0.139. The maximum absolute atomic E-state index is 12.1. The molecule has 0 radical (unpaired) electrons. The van der Waals surface area contributed by atoms with Crippen LogP contribution < -0.4 is 0 Å². The lowest BCUT2D eigenvalue weighted by molar-refractivity contribution is 0.00352. The van der Waals surface area contributed by atoms with Crippen molar-refractivity contribution in [3.05, 3.63) is 35.9 Å². The summed E-state index contributed by atoms with van der Waals surface area (Å²) in [5, 5.41) is 0. The van der Waals surface area contributed by atoms with Gasteiger partial charge in [-0.05, 0) is 54.2 Å². The third kappa shape index (κ3) is 1.90. The molecule has 19 heavy (non-hydrogen) atoms. The number of hydrogen-bond donors (Lipinski definition) is 0. The van der Waals surface area contributed by atoms with Crippen molar-refractivity contribution < 1.29 is 9.53 Å². The number of carbonyl (C=O) groups is 1. The van der Waals surface area contributed by atoms with Gasteiger partial charge in [0, 0.05) is 5.92 Å². The van der Waals surface area contributed by atoms with Gasteiger partial charge in [0.25, 0.3) is 0 Å². The first-order valence-electron chi connectivity index (χ1n) is 7.16. The van der Waals surface area contributed by atoms with Crippen molar-refractivity contribution in [2.45, 2.75) is 18.9 Å². The van der Waals surface area contributed by atoms with Gasteiger partial charge < -0.3 is 4.74 Å². The van der Waals surface area contributed by atoms with Gasteiger partial charge >= 0.3 is 5.97 Å². The number of carbonyl (C=O) groups excluding carboxylic acids is 1. The highest BCUT2D eigenvalue weighted by atomic mass is 32.2. The molecule has 4 rings (SSSR count). The average molecular weight is 274 g/mol. The van der Waals surface area contributed by atoms with E-state index in [1.165, 1.54) is 17.9 Å². The van der Waals surface area contributed by atoms with Gasteiger partial charge in [-0.3, -0.25) is 0 Å². The summed E-state index contributed by atoms with van der Waals surface area (Å²) >= 11 is 2.09. The Morgan fingerprint density at radius 3 is 2.68 bits per heavy atom. The van der Waals surface area contributed by atoms with Crippen LogP contribution in [0.1, 0.15) is 23.2 Å². The molecule has 2 nitrogen and oxygen atoms in total. The normalized spacial score (nSPS) is 39.3. The van der Waals surface area contributed by atoms with Crippen molar-refractivity contribution in [2.75, 3.05) is 11.5 Å². The average Bonchev–Trinajstić information content (AvgIpc) is 3.11. The van der Waals surface area contributed by atoms with E-state index in [0.29, 0.717) is 11.5 Å². The second-order valence-corrected chi connectivity index (χ2v) is 7.15. The number of fused-ring (bicyclic) bond motifs is 5. The number of esters is 1. The van der Waals surface area contributed by atoms with Crippen molar-refractivity contribution in [1.29, 1.82) is 0 Å². The zero-order valence-electron chi connectivity index (χ0n) is 10.8. The summed E-state index contributed by atoms with van der Waals surface area (Å²) in [6, 6.07) is 9.38. The first-order chi connectivity index (χ1) is 9.33. The molecule has 3 aliphatic rings. The van der Waals surface area contributed by atoms with E-state index in [4.69, 9.17) is 4.74 Å². The summed E-state index contributed by atoms with van der Waals surface area (Å²) in [7, 11) is 0. The van der Waals surface area contributed by atoms with Crippen LogP contribution in [0.2, 0.25) is 0 Å². The zero-order valence-corrected chi connectivity index (χ0v) is 11.6. The SMILES string of the molecule is O=C(O[C@@H]1C[C@@H]2C[C@H]1[C@@H]1CSC[C@H]21)c1ccccc1. The number of hydrogen-bond acceptors (Lipinski definition) is 3. The van der Waals surface area contributed by atoms with Crippen molar-refractivity contribution in [2.24, 2.45) is 23.7 Å². The Bertz CT molecular complexity index is 487. The molecule has 3 fully saturated rings. The van der Waals surface area contributed by atoms with E-state index in [1.54, 1.807) is 0 Å². The third-order valence-electron chi connectivity index (χ3n) is 5.18. The summed E-state index contributed by atoms with van der Waals surface area (Å²) in [4.78, 5) is 12.1. The Balaban J connectivity index is 1.46. The van der Waals surface area contributed by atoms with E-state index in [1.807, 2.05) is 30.3 Å². The fourth-order valence-electron chi connectivity index (χ4n) is 4.30. The van der Waals surface area contributed by atoms with Gasteiger partial charge in [-0.2, -0.15) is 11.8 Å². The minimum Gasteiger partial charge on any atom is -0.458 e. The largest absolute Gasteiger partial charge is 0.458 e. The van der Waals surface area contributed by atoms with E-state index in [-0.39, 0.29) is 12.1 Å². The topological polar surface area (TPSA) is 26.3 Å². The second-order valence-electron chi connectivity index (χ2n) is 6.07. The summed E-state index contributed by atoms with van der Waals surface area (Å²) in [6.45, 7) is 0. The fourth-order valence-corrected chi connectivity index (χ4v) is 5.99. The molecular formula is C16H18O2S. The molecule has 100 valence electrons. The molecule has 0 unspecified atom stereocenters. The molecule has 0 N–H and O–H groups in total. The molecule has 1 saturated heterocycles. The zero-order chi connectivity index (χ0) is 12.8. The molecule has 1 aliphatic heterocycles. The fraction of sp³-hybridized carbons (Fsp3) is 0.562. The van der Waals surface area contributed by atoms with Crippen LogP contribution in [-0.4, -0.2) is 23.6 Å². The highest BCUT2D eigenvalue weighted by Crippen LogP contribution is 2.58. The maximum Gasteiger partial charge on any atom is 0.338 e. The number of thioether (sulfide) groups is 1. The smallest absolute Gasteiger partial charge is 0.338 e. The lowest BCUT2D eigenvalue weighted by Crippen LogP contribution is -2.33. The van der Waals surface area contributed by atoms with Crippen LogP contribution in [0, 0.1) is 23.7 Å². The summed E-state index contributed by atoms with van der Waals surface area (Å²) in [6.07, 6.45) is 2.57. The lowest BCUT2D eigenvalue weighted by atomic mass is 9.80. The molecule has 3 heteroatoms. The molecule has 1 aromatic carbocycles. The Morgan fingerprint density at radius 2 is 1.84 bits per heavy atom. The molecule has 0 aromatic heterocycles. The van der Waals surface area contributed by atoms with Gasteiger partial charge in [0.1, 0.15) is 6.10 Å². The molecule has 1 heterocycles. The Hall–Kier alpha value is -0.960. The van der Waals surface area contributed by atoms with Crippen LogP contribution in [0.3, 0.4) is 0 Å². The predicted molar refractivity (Wildman–Crippen MR) is 76.2 cm³/mol. The van der Waals surface area contributed by atoms with E-state index >= 15 is 0 Å². The van der Waals surface area contributed by atoms with Crippen LogP contribution in [-0.2, 0) is 4.74 Å². The molecule has 2 aliphatic carbocycles. The first kappa shape index (κ1) is 11.8. The minimum atomic E-state index is -0.139. The summed E-state index contributed by atoms with van der Waals surface area (Å²) in [5.41, 5.74) is 0.683. The number of benzene rings is 1. The molecule has 1 aromatic rings. The number of ether oxygens (including phenoxy) is 1. The van der Waals surface area contributed by atoms with E-state index < -0.39 is 0 Å². The standard InChI is InChI=1S/C16H18O2S/c17-16(10-4-2-1-3-5-10)18-15-7-11-6-12(15)14-9-19-8-13(11)14/h1-5,11-15H,6-9H2/t11-,12-,13+,14-,15+/m0/s1. The van der Waals surface area contributed by atoms with E-state index in [2.05, 4.69) is 11.8 Å². The van der Waals surface area contributed by atoms with Gasteiger partial charge in [-0.25, -0.2) is 4.79 Å². The van der Waals surface area contributed by atoms with Gasteiger partial charge in [0.05, 0.1) is 5.56 Å². The number of rotatable bonds is 2. The van der Waals surface area contributed by atoms with Gasteiger partial charge in [0.15, 0.2) is 0 Å². The van der Waals surface area contributed by atoms with Crippen molar-refractivity contribution in [1.82, 2.24) is 0 Å². The Kier molecular flexibility index (Phi) is 2.83. The van der Waals surface area contributed by atoms with Gasteiger partial charge in [-0.15, -0.1) is 0 Å². The summed E-state index contributed by atoms with van der Waals surface area (Å²) < 4.78 is 5.79. The van der Waals surface area contributed by atoms with Crippen LogP contribution in [0.5, 0.6) is 0 Å². The molecule has 0 spiro atoms. The van der Waals surface area contributed by atoms with E-state index in [9.17, 15) is 4.79 Å². The molecular weight excluding hydrogens is 256 g/mol. The van der Waals surface area contributed by atoms with Crippen LogP contribution in [0.4, 0.5) is 0 Å². The van der Waals surface area contributed by atoms with Crippen molar-refractivity contribution in [3.63, 3.8) is 0 Å². The van der Waals surface area contributed by atoms with Gasteiger partial charge in [-0.1, -0.05) is 18.2 Å². The third-order valence-corrected chi connectivity index (χ3v) is 6.42. The van der Waals surface area contributed by atoms with E-state index in [0.717, 1.165) is 24.2 Å². The Morgan fingerprint density at radius 1 is 1.05 bits per heavy atom.